The number of ether oxygens (including phenoxy) is 1. The van der Waals surface area contributed by atoms with Crippen LogP contribution in [0.15, 0.2) is 24.3 Å². The minimum absolute atomic E-state index is 0.0632. The molecule has 1 aromatic carbocycles. The Hall–Kier alpha value is -2.04. The van der Waals surface area contributed by atoms with Crippen LogP contribution in [0.3, 0.4) is 0 Å². The van der Waals surface area contributed by atoms with Crippen LogP contribution in [-0.4, -0.2) is 17.9 Å². The third kappa shape index (κ3) is 3.98. The number of rotatable bonds is 4. The first-order chi connectivity index (χ1) is 9.06. The van der Waals surface area contributed by atoms with Gasteiger partial charge in [0, 0.05) is 5.92 Å². The van der Waals surface area contributed by atoms with Gasteiger partial charge in [0.25, 0.3) is 5.91 Å². The van der Waals surface area contributed by atoms with Gasteiger partial charge in [-0.25, -0.2) is 0 Å². The van der Waals surface area contributed by atoms with E-state index in [0.29, 0.717) is 5.75 Å². The Morgan fingerprint density at radius 2 is 2.05 bits per heavy atom. The van der Waals surface area contributed by atoms with Gasteiger partial charge in [0.15, 0.2) is 6.10 Å². The van der Waals surface area contributed by atoms with Crippen molar-refractivity contribution in [2.75, 3.05) is 0 Å². The maximum atomic E-state index is 11.7. The lowest BCUT2D eigenvalue weighted by atomic mass is 10.2. The Morgan fingerprint density at radius 1 is 1.32 bits per heavy atom. The number of aryl methyl sites for hydroxylation is 1. The van der Waals surface area contributed by atoms with Crippen molar-refractivity contribution in [2.45, 2.75) is 32.8 Å². The van der Waals surface area contributed by atoms with Crippen molar-refractivity contribution in [2.24, 2.45) is 5.92 Å². The first-order valence-corrected chi connectivity index (χ1v) is 6.39. The van der Waals surface area contributed by atoms with E-state index < -0.39 is 6.10 Å². The molecule has 0 bridgehead atoms. The Balaban J connectivity index is 1.79. The van der Waals surface area contributed by atoms with Gasteiger partial charge in [0.2, 0.25) is 5.91 Å². The van der Waals surface area contributed by atoms with Crippen LogP contribution < -0.4 is 15.6 Å². The standard InChI is InChI=1S/C14H18N2O3/c1-9-4-3-5-12(8-9)19-10(2)13(17)15-16-14(18)11-6-7-11/h3-5,8,10-11H,6-7H2,1-2H3,(H,15,17)(H,16,18). The molecule has 1 saturated carbocycles. The number of amides is 2. The van der Waals surface area contributed by atoms with Crippen LogP contribution in [0.4, 0.5) is 0 Å². The summed E-state index contributed by atoms with van der Waals surface area (Å²) in [7, 11) is 0. The molecule has 1 aromatic rings. The van der Waals surface area contributed by atoms with Crippen LogP contribution in [0.2, 0.25) is 0 Å². The van der Waals surface area contributed by atoms with Gasteiger partial charge < -0.3 is 4.74 Å². The fourth-order valence-corrected chi connectivity index (χ4v) is 1.62. The van der Waals surface area contributed by atoms with E-state index in [4.69, 9.17) is 4.74 Å². The third-order valence-electron chi connectivity index (χ3n) is 2.93. The highest BCUT2D eigenvalue weighted by molar-refractivity contribution is 5.86. The zero-order valence-electron chi connectivity index (χ0n) is 11.1. The molecule has 1 atom stereocenters. The molecular weight excluding hydrogens is 244 g/mol. The lowest BCUT2D eigenvalue weighted by Gasteiger charge is -2.15. The maximum Gasteiger partial charge on any atom is 0.279 e. The summed E-state index contributed by atoms with van der Waals surface area (Å²) < 4.78 is 5.50. The Kier molecular flexibility index (Phi) is 4.04. The molecule has 0 aliphatic heterocycles. The zero-order chi connectivity index (χ0) is 13.8. The minimum Gasteiger partial charge on any atom is -0.481 e. The molecule has 102 valence electrons. The van der Waals surface area contributed by atoms with Crippen LogP contribution in [-0.2, 0) is 9.59 Å². The second-order valence-electron chi connectivity index (χ2n) is 4.83. The number of hydrogen-bond donors (Lipinski definition) is 2. The largest absolute Gasteiger partial charge is 0.481 e. The molecule has 1 aliphatic rings. The van der Waals surface area contributed by atoms with E-state index >= 15 is 0 Å². The third-order valence-corrected chi connectivity index (χ3v) is 2.93. The summed E-state index contributed by atoms with van der Waals surface area (Å²) in [6.45, 7) is 3.59. The molecule has 19 heavy (non-hydrogen) atoms. The Labute approximate surface area is 112 Å². The first-order valence-electron chi connectivity index (χ1n) is 6.39. The van der Waals surface area contributed by atoms with Crippen molar-refractivity contribution in [1.29, 1.82) is 0 Å². The smallest absolute Gasteiger partial charge is 0.279 e. The maximum absolute atomic E-state index is 11.7. The van der Waals surface area contributed by atoms with E-state index in [2.05, 4.69) is 10.9 Å². The molecule has 0 heterocycles. The molecule has 5 nitrogen and oxygen atoms in total. The van der Waals surface area contributed by atoms with Gasteiger partial charge in [-0.15, -0.1) is 0 Å². The topological polar surface area (TPSA) is 67.4 Å². The van der Waals surface area contributed by atoms with Crippen LogP contribution in [0.25, 0.3) is 0 Å². The molecule has 1 unspecified atom stereocenters. The molecule has 0 spiro atoms. The molecule has 0 saturated heterocycles. The lowest BCUT2D eigenvalue weighted by Crippen LogP contribution is -2.47. The monoisotopic (exact) mass is 262 g/mol. The summed E-state index contributed by atoms with van der Waals surface area (Å²) in [5.74, 6) is 0.205. The highest BCUT2D eigenvalue weighted by Gasteiger charge is 2.30. The average molecular weight is 262 g/mol. The summed E-state index contributed by atoms with van der Waals surface area (Å²) in [4.78, 5) is 23.1. The van der Waals surface area contributed by atoms with Crippen molar-refractivity contribution in [1.82, 2.24) is 10.9 Å². The molecule has 2 N–H and O–H groups in total. The number of hydrazine groups is 1. The van der Waals surface area contributed by atoms with Gasteiger partial charge in [0.1, 0.15) is 5.75 Å². The van der Waals surface area contributed by atoms with Crippen LogP contribution >= 0.6 is 0 Å². The van der Waals surface area contributed by atoms with Crippen molar-refractivity contribution in [3.8, 4) is 5.75 Å². The SMILES string of the molecule is Cc1cccc(OC(C)C(=O)NNC(=O)C2CC2)c1. The number of carbonyl (C=O) groups is 2. The summed E-state index contributed by atoms with van der Waals surface area (Å²) in [5, 5.41) is 0. The summed E-state index contributed by atoms with van der Waals surface area (Å²) >= 11 is 0. The van der Waals surface area contributed by atoms with Crippen LogP contribution in [0, 0.1) is 12.8 Å². The fourth-order valence-electron chi connectivity index (χ4n) is 1.62. The second kappa shape index (κ2) is 5.73. The van der Waals surface area contributed by atoms with E-state index in [-0.39, 0.29) is 17.7 Å². The predicted molar refractivity (Wildman–Crippen MR) is 70.3 cm³/mol. The van der Waals surface area contributed by atoms with Gasteiger partial charge in [-0.05, 0) is 44.4 Å². The van der Waals surface area contributed by atoms with Crippen molar-refractivity contribution >= 4 is 11.8 Å². The molecule has 0 radical (unpaired) electrons. The molecule has 1 fully saturated rings. The molecule has 2 amide bonds. The highest BCUT2D eigenvalue weighted by atomic mass is 16.5. The zero-order valence-corrected chi connectivity index (χ0v) is 11.1. The second-order valence-corrected chi connectivity index (χ2v) is 4.83. The van der Waals surface area contributed by atoms with Gasteiger partial charge in [0.05, 0.1) is 0 Å². The Bertz CT molecular complexity index is 483. The summed E-state index contributed by atoms with van der Waals surface area (Å²) in [6, 6.07) is 7.46. The molecule has 2 rings (SSSR count). The van der Waals surface area contributed by atoms with E-state index in [1.165, 1.54) is 0 Å². The number of carbonyl (C=O) groups excluding carboxylic acids is 2. The van der Waals surface area contributed by atoms with Crippen molar-refractivity contribution in [3.63, 3.8) is 0 Å². The van der Waals surface area contributed by atoms with Crippen molar-refractivity contribution < 1.29 is 14.3 Å². The minimum atomic E-state index is -0.665. The predicted octanol–water partition coefficient (Wildman–Crippen LogP) is 1.32. The van der Waals surface area contributed by atoms with Crippen molar-refractivity contribution in [3.05, 3.63) is 29.8 Å². The molecule has 1 aliphatic carbocycles. The molecular formula is C14H18N2O3. The van der Waals surface area contributed by atoms with E-state index in [9.17, 15) is 9.59 Å². The van der Waals surface area contributed by atoms with Gasteiger partial charge in [-0.3, -0.25) is 20.4 Å². The van der Waals surface area contributed by atoms with Gasteiger partial charge in [-0.2, -0.15) is 0 Å². The first kappa shape index (κ1) is 13.4. The fraction of sp³-hybridized carbons (Fsp3) is 0.429. The number of hydrogen-bond acceptors (Lipinski definition) is 3. The molecule has 5 heteroatoms. The van der Waals surface area contributed by atoms with Crippen LogP contribution in [0.1, 0.15) is 25.3 Å². The van der Waals surface area contributed by atoms with Crippen LogP contribution in [0.5, 0.6) is 5.75 Å². The number of benzene rings is 1. The average Bonchev–Trinajstić information content (AvgIpc) is 3.19. The number of nitrogens with one attached hydrogen (secondary N) is 2. The van der Waals surface area contributed by atoms with E-state index in [0.717, 1.165) is 18.4 Å². The highest BCUT2D eigenvalue weighted by Crippen LogP contribution is 2.28. The lowest BCUT2D eigenvalue weighted by molar-refractivity contribution is -0.133. The normalized spacial score (nSPS) is 15.5. The van der Waals surface area contributed by atoms with Gasteiger partial charge >= 0.3 is 0 Å². The van der Waals surface area contributed by atoms with E-state index in [1.807, 2.05) is 25.1 Å². The summed E-state index contributed by atoms with van der Waals surface area (Å²) in [6.07, 6.45) is 1.13. The Morgan fingerprint density at radius 3 is 2.68 bits per heavy atom. The van der Waals surface area contributed by atoms with Gasteiger partial charge in [-0.1, -0.05) is 12.1 Å². The molecule has 0 aromatic heterocycles. The van der Waals surface area contributed by atoms with E-state index in [1.54, 1.807) is 13.0 Å². The summed E-state index contributed by atoms with van der Waals surface area (Å²) in [5.41, 5.74) is 5.84. The quantitative estimate of drug-likeness (QED) is 0.804.